The van der Waals surface area contributed by atoms with E-state index in [1.165, 1.54) is 12.4 Å². The molecular weight excluding hydrogens is 343 g/mol. The molecule has 2 aromatic carbocycles. The van der Waals surface area contributed by atoms with Gasteiger partial charge in [-0.25, -0.2) is 14.4 Å². The van der Waals surface area contributed by atoms with Gasteiger partial charge in [-0.3, -0.25) is 4.79 Å². The average Bonchev–Trinajstić information content (AvgIpc) is 2.70. The van der Waals surface area contributed by atoms with Gasteiger partial charge in [0.15, 0.2) is 0 Å². The lowest BCUT2D eigenvalue weighted by molar-refractivity contribution is -0.130. The van der Waals surface area contributed by atoms with Crippen molar-refractivity contribution in [1.29, 1.82) is 0 Å². The molecule has 0 aliphatic carbocycles. The molecule has 1 aliphatic heterocycles. The number of hydrogen-bond donors (Lipinski definition) is 0. The average molecular weight is 364 g/mol. The maximum Gasteiger partial charge on any atom is 0.227 e. The first-order chi connectivity index (χ1) is 13.1. The highest BCUT2D eigenvalue weighted by Gasteiger charge is 2.23. The molecule has 6 heteroatoms. The molecule has 27 heavy (non-hydrogen) atoms. The zero-order valence-corrected chi connectivity index (χ0v) is 15.2. The van der Waals surface area contributed by atoms with E-state index in [0.717, 1.165) is 16.9 Å². The first-order valence-corrected chi connectivity index (χ1v) is 9.10. The smallest absolute Gasteiger partial charge is 0.227 e. The van der Waals surface area contributed by atoms with Gasteiger partial charge in [-0.15, -0.1) is 0 Å². The molecule has 0 N–H and O–H groups in total. The van der Waals surface area contributed by atoms with E-state index in [0.29, 0.717) is 43.5 Å². The maximum absolute atomic E-state index is 14.0. The second kappa shape index (κ2) is 7.31. The van der Waals surface area contributed by atoms with Crippen LogP contribution in [0.1, 0.15) is 11.1 Å². The molecule has 0 atom stereocenters. The van der Waals surface area contributed by atoms with E-state index in [1.807, 2.05) is 42.2 Å². The van der Waals surface area contributed by atoms with Gasteiger partial charge < -0.3 is 9.80 Å². The molecule has 138 valence electrons. The Morgan fingerprint density at radius 1 is 1.04 bits per heavy atom. The fourth-order valence-corrected chi connectivity index (χ4v) is 3.54. The summed E-state index contributed by atoms with van der Waals surface area (Å²) in [6, 6.07) is 12.9. The van der Waals surface area contributed by atoms with Crippen LogP contribution in [0, 0.1) is 12.7 Å². The minimum absolute atomic E-state index is 0.141. The zero-order chi connectivity index (χ0) is 18.8. The number of halogens is 1. The molecule has 4 rings (SSSR count). The minimum Gasteiger partial charge on any atom is -0.352 e. The molecule has 0 spiro atoms. The number of amides is 1. The predicted molar refractivity (Wildman–Crippen MR) is 103 cm³/mol. The van der Waals surface area contributed by atoms with Crippen LogP contribution in [0.15, 0.2) is 48.8 Å². The van der Waals surface area contributed by atoms with E-state index < -0.39 is 0 Å². The Morgan fingerprint density at radius 2 is 1.81 bits per heavy atom. The third-order valence-electron chi connectivity index (χ3n) is 5.13. The Morgan fingerprint density at radius 3 is 2.59 bits per heavy atom. The molecule has 1 saturated heterocycles. The van der Waals surface area contributed by atoms with Crippen molar-refractivity contribution in [2.75, 3.05) is 31.1 Å². The molecule has 0 bridgehead atoms. The summed E-state index contributed by atoms with van der Waals surface area (Å²) in [6.07, 6.45) is 1.82. The van der Waals surface area contributed by atoms with Gasteiger partial charge >= 0.3 is 0 Å². The van der Waals surface area contributed by atoms with Crippen LogP contribution in [-0.4, -0.2) is 47.0 Å². The van der Waals surface area contributed by atoms with Gasteiger partial charge in [-0.2, -0.15) is 0 Å². The number of para-hydroxylation sites is 1. The largest absolute Gasteiger partial charge is 0.352 e. The molecule has 1 aromatic heterocycles. The lowest BCUT2D eigenvalue weighted by Gasteiger charge is -2.36. The number of carbonyl (C=O) groups is 1. The fraction of sp³-hybridized carbons (Fsp3) is 0.286. The van der Waals surface area contributed by atoms with E-state index in [9.17, 15) is 9.18 Å². The summed E-state index contributed by atoms with van der Waals surface area (Å²) in [6.45, 7) is 4.63. The minimum atomic E-state index is -0.344. The van der Waals surface area contributed by atoms with Crippen molar-refractivity contribution < 1.29 is 9.18 Å². The van der Waals surface area contributed by atoms with Crippen molar-refractivity contribution in [2.24, 2.45) is 0 Å². The normalized spacial score (nSPS) is 14.6. The van der Waals surface area contributed by atoms with Crippen molar-refractivity contribution >= 4 is 22.6 Å². The number of anilines is 1. The van der Waals surface area contributed by atoms with Gasteiger partial charge in [0.1, 0.15) is 23.5 Å². The van der Waals surface area contributed by atoms with Crippen molar-refractivity contribution in [3.05, 3.63) is 65.7 Å². The molecule has 5 nitrogen and oxygen atoms in total. The highest BCUT2D eigenvalue weighted by atomic mass is 19.1. The SMILES string of the molecule is Cc1ccccc1CC(=O)N1CCN(c2ncnc3c(F)cccc23)CC1. The van der Waals surface area contributed by atoms with Crippen molar-refractivity contribution in [3.8, 4) is 0 Å². The number of benzene rings is 2. The van der Waals surface area contributed by atoms with Gasteiger partial charge in [0.25, 0.3) is 0 Å². The van der Waals surface area contributed by atoms with E-state index in [-0.39, 0.29) is 11.7 Å². The van der Waals surface area contributed by atoms with Crippen LogP contribution in [0.5, 0.6) is 0 Å². The number of carbonyl (C=O) groups excluding carboxylic acids is 1. The number of piperazine rings is 1. The molecule has 2 heterocycles. The molecule has 0 saturated carbocycles. The quantitative estimate of drug-likeness (QED) is 0.717. The van der Waals surface area contributed by atoms with Crippen molar-refractivity contribution in [2.45, 2.75) is 13.3 Å². The molecule has 1 amide bonds. The summed E-state index contributed by atoms with van der Waals surface area (Å²) in [5, 5.41) is 0.706. The number of rotatable bonds is 3. The van der Waals surface area contributed by atoms with Gasteiger partial charge in [0.2, 0.25) is 5.91 Å². The first kappa shape index (κ1) is 17.4. The lowest BCUT2D eigenvalue weighted by atomic mass is 10.1. The van der Waals surface area contributed by atoms with E-state index in [2.05, 4.69) is 14.9 Å². The predicted octanol–water partition coefficient (Wildman–Crippen LogP) is 2.97. The molecule has 1 aliphatic rings. The van der Waals surface area contributed by atoms with Crippen LogP contribution in [0.2, 0.25) is 0 Å². The summed E-state index contributed by atoms with van der Waals surface area (Å²) in [4.78, 5) is 25.1. The highest BCUT2D eigenvalue weighted by Crippen LogP contribution is 2.25. The summed E-state index contributed by atoms with van der Waals surface area (Å²) < 4.78 is 14.0. The van der Waals surface area contributed by atoms with Crippen molar-refractivity contribution in [1.82, 2.24) is 14.9 Å². The van der Waals surface area contributed by atoms with Gasteiger partial charge in [-0.05, 0) is 30.2 Å². The Labute approximate surface area is 157 Å². The Balaban J connectivity index is 1.46. The first-order valence-electron chi connectivity index (χ1n) is 9.10. The lowest BCUT2D eigenvalue weighted by Crippen LogP contribution is -2.49. The summed E-state index contributed by atoms with van der Waals surface area (Å²) >= 11 is 0. The van der Waals surface area contributed by atoms with Gasteiger partial charge in [0.05, 0.1) is 6.42 Å². The number of aromatic nitrogens is 2. The number of nitrogens with zero attached hydrogens (tertiary/aromatic N) is 4. The molecule has 3 aromatic rings. The standard InChI is InChI=1S/C21H21FN4O/c1-15-5-2-3-6-16(15)13-19(27)25-9-11-26(12-10-25)21-17-7-4-8-18(22)20(17)23-14-24-21/h2-8,14H,9-13H2,1H3. The number of hydrogen-bond acceptors (Lipinski definition) is 4. The second-order valence-corrected chi connectivity index (χ2v) is 6.80. The summed E-state index contributed by atoms with van der Waals surface area (Å²) in [7, 11) is 0. The number of fused-ring (bicyclic) bond motifs is 1. The third kappa shape index (κ3) is 3.47. The summed E-state index contributed by atoms with van der Waals surface area (Å²) in [5.74, 6) is 0.524. The molecule has 1 fully saturated rings. The fourth-order valence-electron chi connectivity index (χ4n) is 3.54. The van der Waals surface area contributed by atoms with Crippen molar-refractivity contribution in [3.63, 3.8) is 0 Å². The Kier molecular flexibility index (Phi) is 4.71. The van der Waals surface area contributed by atoms with Crippen LogP contribution in [0.4, 0.5) is 10.2 Å². The summed E-state index contributed by atoms with van der Waals surface area (Å²) in [5.41, 5.74) is 2.54. The van der Waals surface area contributed by atoms with Crippen LogP contribution >= 0.6 is 0 Å². The molecule has 0 unspecified atom stereocenters. The van der Waals surface area contributed by atoms with E-state index in [1.54, 1.807) is 6.07 Å². The van der Waals surface area contributed by atoms with Gasteiger partial charge in [-0.1, -0.05) is 30.3 Å². The van der Waals surface area contributed by atoms with Crippen LogP contribution in [0.25, 0.3) is 10.9 Å². The topological polar surface area (TPSA) is 49.3 Å². The maximum atomic E-state index is 14.0. The third-order valence-corrected chi connectivity index (χ3v) is 5.13. The Bertz CT molecular complexity index is 983. The van der Waals surface area contributed by atoms with Crippen LogP contribution in [-0.2, 0) is 11.2 Å². The van der Waals surface area contributed by atoms with E-state index in [4.69, 9.17) is 0 Å². The molecule has 0 radical (unpaired) electrons. The number of aryl methyl sites for hydroxylation is 1. The van der Waals surface area contributed by atoms with E-state index >= 15 is 0 Å². The highest BCUT2D eigenvalue weighted by molar-refractivity contribution is 5.89. The van der Waals surface area contributed by atoms with Crippen LogP contribution < -0.4 is 4.90 Å². The second-order valence-electron chi connectivity index (χ2n) is 6.80. The zero-order valence-electron chi connectivity index (χ0n) is 15.2. The monoisotopic (exact) mass is 364 g/mol. The molecular formula is C21H21FN4O. The van der Waals surface area contributed by atoms with Gasteiger partial charge in [0, 0.05) is 31.6 Å². The van der Waals surface area contributed by atoms with Crippen LogP contribution in [0.3, 0.4) is 0 Å². The Hall–Kier alpha value is -3.02.